The molecule has 0 bridgehead atoms. The van der Waals surface area contributed by atoms with Gasteiger partial charge in [-0.05, 0) is 25.1 Å². The van der Waals surface area contributed by atoms with Crippen molar-refractivity contribution < 1.29 is 4.74 Å². The predicted molar refractivity (Wildman–Crippen MR) is 79.9 cm³/mol. The Morgan fingerprint density at radius 1 is 1.37 bits per heavy atom. The second-order valence-electron chi connectivity index (χ2n) is 4.76. The average Bonchev–Trinajstić information content (AvgIpc) is 2.40. The molecule has 19 heavy (non-hydrogen) atoms. The second kappa shape index (κ2) is 6.91. The van der Waals surface area contributed by atoms with E-state index in [1.54, 1.807) is 0 Å². The number of nitrogens with zero attached hydrogens (tertiary/aromatic N) is 1. The van der Waals surface area contributed by atoms with E-state index in [0.717, 1.165) is 25.1 Å². The zero-order valence-corrected chi connectivity index (χ0v) is 12.6. The van der Waals surface area contributed by atoms with Crippen LogP contribution in [0.4, 0.5) is 0 Å². The Morgan fingerprint density at radius 2 is 2.05 bits per heavy atom. The van der Waals surface area contributed by atoms with Crippen LogP contribution >= 0.6 is 23.2 Å². The number of benzene rings is 1. The monoisotopic (exact) mass is 302 g/mol. The minimum absolute atomic E-state index is 0.0416. The number of morpholine rings is 1. The molecule has 0 spiro atoms. The molecular formula is C14H20Cl2N2O. The number of ether oxygens (including phenoxy) is 1. The van der Waals surface area contributed by atoms with Gasteiger partial charge in [0.25, 0.3) is 0 Å². The van der Waals surface area contributed by atoms with E-state index in [1.165, 1.54) is 0 Å². The molecule has 0 aromatic heterocycles. The largest absolute Gasteiger partial charge is 0.374 e. The second-order valence-corrected chi connectivity index (χ2v) is 5.58. The lowest BCUT2D eigenvalue weighted by Crippen LogP contribution is -2.48. The summed E-state index contributed by atoms with van der Waals surface area (Å²) in [4.78, 5) is 2.37. The van der Waals surface area contributed by atoms with Crippen molar-refractivity contribution in [3.63, 3.8) is 0 Å². The van der Waals surface area contributed by atoms with Gasteiger partial charge in [-0.3, -0.25) is 4.90 Å². The summed E-state index contributed by atoms with van der Waals surface area (Å²) < 4.78 is 5.80. The number of hydrogen-bond acceptors (Lipinski definition) is 3. The molecule has 5 heteroatoms. The maximum absolute atomic E-state index is 6.34. The predicted octanol–water partition coefficient (Wildman–Crippen LogP) is 3.10. The van der Waals surface area contributed by atoms with E-state index in [9.17, 15) is 0 Å². The van der Waals surface area contributed by atoms with Crippen LogP contribution < -0.4 is 5.73 Å². The molecule has 0 aliphatic carbocycles. The molecule has 1 aromatic rings. The number of rotatable bonds is 4. The highest BCUT2D eigenvalue weighted by molar-refractivity contribution is 6.36. The number of halogens is 2. The lowest BCUT2D eigenvalue weighted by molar-refractivity contribution is -0.0675. The van der Waals surface area contributed by atoms with Crippen molar-refractivity contribution in [1.82, 2.24) is 4.90 Å². The highest BCUT2D eigenvalue weighted by Crippen LogP contribution is 2.38. The smallest absolute Gasteiger partial charge is 0.0895 e. The zero-order chi connectivity index (χ0) is 13.8. The van der Waals surface area contributed by atoms with Gasteiger partial charge < -0.3 is 10.5 Å². The molecule has 1 saturated heterocycles. The Kier molecular flexibility index (Phi) is 5.48. The Morgan fingerprint density at radius 3 is 2.63 bits per heavy atom. The lowest BCUT2D eigenvalue weighted by atomic mass is 9.97. The normalized spacial score (nSPS) is 24.6. The van der Waals surface area contributed by atoms with Gasteiger partial charge in [-0.15, -0.1) is 0 Å². The Labute approximate surface area is 124 Å². The molecule has 2 unspecified atom stereocenters. The SMILES string of the molecule is CCCN1CCOC(CN)C1c1c(Cl)cccc1Cl. The highest BCUT2D eigenvalue weighted by atomic mass is 35.5. The Bertz CT molecular complexity index is 406. The quantitative estimate of drug-likeness (QED) is 0.929. The lowest BCUT2D eigenvalue weighted by Gasteiger charge is -2.41. The molecule has 2 rings (SSSR count). The average molecular weight is 303 g/mol. The molecule has 0 amide bonds. The molecule has 0 saturated carbocycles. The fraction of sp³-hybridized carbons (Fsp3) is 0.571. The Balaban J connectivity index is 2.39. The van der Waals surface area contributed by atoms with Gasteiger partial charge in [-0.1, -0.05) is 36.2 Å². The summed E-state index contributed by atoms with van der Waals surface area (Å²) in [6.07, 6.45) is 1.02. The van der Waals surface area contributed by atoms with Crippen LogP contribution in [0.1, 0.15) is 24.9 Å². The van der Waals surface area contributed by atoms with Crippen LogP contribution in [-0.4, -0.2) is 37.2 Å². The summed E-state index contributed by atoms with van der Waals surface area (Å²) in [6.45, 7) is 5.22. The first-order chi connectivity index (χ1) is 9.19. The molecule has 1 aliphatic heterocycles. The number of nitrogens with two attached hydrogens (primary N) is 1. The van der Waals surface area contributed by atoms with E-state index in [4.69, 9.17) is 33.7 Å². The molecule has 0 radical (unpaired) electrons. The van der Waals surface area contributed by atoms with Crippen LogP contribution in [-0.2, 0) is 4.74 Å². The van der Waals surface area contributed by atoms with Crippen molar-refractivity contribution in [3.05, 3.63) is 33.8 Å². The van der Waals surface area contributed by atoms with Gasteiger partial charge >= 0.3 is 0 Å². The summed E-state index contributed by atoms with van der Waals surface area (Å²) in [5.41, 5.74) is 6.79. The molecular weight excluding hydrogens is 283 g/mol. The minimum Gasteiger partial charge on any atom is -0.374 e. The molecule has 1 fully saturated rings. The van der Waals surface area contributed by atoms with Gasteiger partial charge in [0.15, 0.2) is 0 Å². The van der Waals surface area contributed by atoms with Crippen LogP contribution in [0.25, 0.3) is 0 Å². The molecule has 2 atom stereocenters. The van der Waals surface area contributed by atoms with E-state index in [0.29, 0.717) is 23.2 Å². The van der Waals surface area contributed by atoms with E-state index in [2.05, 4.69) is 11.8 Å². The third-order valence-corrected chi connectivity index (χ3v) is 4.15. The van der Waals surface area contributed by atoms with Crippen LogP contribution in [0.15, 0.2) is 18.2 Å². The summed E-state index contributed by atoms with van der Waals surface area (Å²) in [7, 11) is 0. The summed E-state index contributed by atoms with van der Waals surface area (Å²) in [6, 6.07) is 5.64. The van der Waals surface area contributed by atoms with E-state index in [1.807, 2.05) is 18.2 Å². The van der Waals surface area contributed by atoms with Gasteiger partial charge in [-0.25, -0.2) is 0 Å². The molecule has 1 aromatic carbocycles. The maximum atomic E-state index is 6.34. The summed E-state index contributed by atoms with van der Waals surface area (Å²) in [5, 5.41) is 1.37. The van der Waals surface area contributed by atoms with E-state index in [-0.39, 0.29) is 12.1 Å². The van der Waals surface area contributed by atoms with E-state index < -0.39 is 0 Å². The third-order valence-electron chi connectivity index (χ3n) is 3.49. The Hall–Kier alpha value is -0.320. The molecule has 1 heterocycles. The number of hydrogen-bond donors (Lipinski definition) is 1. The van der Waals surface area contributed by atoms with Gasteiger partial charge in [-0.2, -0.15) is 0 Å². The molecule has 1 aliphatic rings. The van der Waals surface area contributed by atoms with Gasteiger partial charge in [0, 0.05) is 28.7 Å². The standard InChI is InChI=1S/C14H20Cl2N2O/c1-2-6-18-7-8-19-12(9-17)14(18)13-10(15)4-3-5-11(13)16/h3-5,12,14H,2,6-9,17H2,1H3. The van der Waals surface area contributed by atoms with Crippen LogP contribution in [0.2, 0.25) is 10.0 Å². The van der Waals surface area contributed by atoms with Crippen molar-refractivity contribution in [2.45, 2.75) is 25.5 Å². The van der Waals surface area contributed by atoms with E-state index >= 15 is 0 Å². The van der Waals surface area contributed by atoms with Gasteiger partial charge in [0.05, 0.1) is 18.8 Å². The van der Waals surface area contributed by atoms with Crippen molar-refractivity contribution in [2.24, 2.45) is 5.73 Å². The van der Waals surface area contributed by atoms with Crippen molar-refractivity contribution in [3.8, 4) is 0 Å². The molecule has 2 N–H and O–H groups in total. The first kappa shape index (κ1) is 15.1. The maximum Gasteiger partial charge on any atom is 0.0895 e. The fourth-order valence-electron chi connectivity index (χ4n) is 2.68. The molecule has 3 nitrogen and oxygen atoms in total. The van der Waals surface area contributed by atoms with Gasteiger partial charge in [0.1, 0.15) is 0 Å². The van der Waals surface area contributed by atoms with Crippen molar-refractivity contribution in [1.29, 1.82) is 0 Å². The minimum atomic E-state index is -0.0577. The summed E-state index contributed by atoms with van der Waals surface area (Å²) >= 11 is 12.7. The first-order valence-corrected chi connectivity index (χ1v) is 7.44. The topological polar surface area (TPSA) is 38.5 Å². The highest BCUT2D eigenvalue weighted by Gasteiger charge is 2.34. The van der Waals surface area contributed by atoms with Gasteiger partial charge in [0.2, 0.25) is 0 Å². The fourth-order valence-corrected chi connectivity index (χ4v) is 3.30. The van der Waals surface area contributed by atoms with Crippen molar-refractivity contribution in [2.75, 3.05) is 26.2 Å². The van der Waals surface area contributed by atoms with Crippen molar-refractivity contribution >= 4 is 23.2 Å². The van der Waals surface area contributed by atoms with Crippen LogP contribution in [0.5, 0.6) is 0 Å². The molecule has 106 valence electrons. The summed E-state index contributed by atoms with van der Waals surface area (Å²) in [5.74, 6) is 0. The first-order valence-electron chi connectivity index (χ1n) is 6.68. The van der Waals surface area contributed by atoms with Crippen LogP contribution in [0.3, 0.4) is 0 Å². The third kappa shape index (κ3) is 3.23. The zero-order valence-electron chi connectivity index (χ0n) is 11.1. The van der Waals surface area contributed by atoms with Crippen LogP contribution in [0, 0.1) is 0 Å².